The lowest BCUT2D eigenvalue weighted by atomic mass is 10.2. The molecular weight excluding hydrogens is 150 g/mol. The second kappa shape index (κ2) is 6.44. The molecule has 0 saturated carbocycles. The molecule has 0 aromatic carbocycles. The van der Waals surface area contributed by atoms with E-state index in [1.807, 2.05) is 7.05 Å². The average Bonchev–Trinajstić information content (AvgIpc) is 1.94. The van der Waals surface area contributed by atoms with Crippen molar-refractivity contribution in [1.29, 1.82) is 0 Å². The zero-order chi connectivity index (χ0) is 9.45. The van der Waals surface area contributed by atoms with Crippen LogP contribution in [0.25, 0.3) is 0 Å². The van der Waals surface area contributed by atoms with E-state index >= 15 is 0 Å². The minimum Gasteiger partial charge on any atom is -0.376 e. The third kappa shape index (κ3) is 9.92. The molecule has 0 fully saturated rings. The Morgan fingerprint density at radius 3 is 2.25 bits per heavy atom. The van der Waals surface area contributed by atoms with E-state index in [0.29, 0.717) is 0 Å². The Labute approximate surface area is 76.7 Å². The highest BCUT2D eigenvalue weighted by molar-refractivity contribution is 4.58. The lowest BCUT2D eigenvalue weighted by Crippen LogP contribution is -2.19. The maximum absolute atomic E-state index is 5.59. The Morgan fingerprint density at radius 1 is 1.08 bits per heavy atom. The molecule has 2 heteroatoms. The SMILES string of the molecule is CNCCCCCOC(C)(C)C. The number of ether oxygens (including phenoxy) is 1. The molecule has 2 nitrogen and oxygen atoms in total. The van der Waals surface area contributed by atoms with Gasteiger partial charge >= 0.3 is 0 Å². The van der Waals surface area contributed by atoms with Crippen LogP contribution in [0.15, 0.2) is 0 Å². The molecule has 0 atom stereocenters. The van der Waals surface area contributed by atoms with Gasteiger partial charge in [-0.2, -0.15) is 0 Å². The summed E-state index contributed by atoms with van der Waals surface area (Å²) in [6.07, 6.45) is 3.69. The average molecular weight is 173 g/mol. The number of unbranched alkanes of at least 4 members (excludes halogenated alkanes) is 2. The number of nitrogens with one attached hydrogen (secondary N) is 1. The first-order chi connectivity index (χ1) is 5.56. The maximum atomic E-state index is 5.59. The summed E-state index contributed by atoms with van der Waals surface area (Å²) in [6, 6.07) is 0. The first kappa shape index (κ1) is 11.9. The van der Waals surface area contributed by atoms with Crippen molar-refractivity contribution < 1.29 is 4.74 Å². The Balaban J connectivity index is 3.01. The largest absolute Gasteiger partial charge is 0.376 e. The van der Waals surface area contributed by atoms with E-state index in [0.717, 1.165) is 13.2 Å². The molecule has 0 aromatic heterocycles. The Kier molecular flexibility index (Phi) is 6.39. The predicted octanol–water partition coefficient (Wildman–Crippen LogP) is 2.19. The minimum absolute atomic E-state index is 0.0308. The summed E-state index contributed by atoms with van der Waals surface area (Å²) < 4.78 is 5.59. The summed E-state index contributed by atoms with van der Waals surface area (Å²) in [4.78, 5) is 0. The summed E-state index contributed by atoms with van der Waals surface area (Å²) in [5.74, 6) is 0. The molecule has 0 aliphatic rings. The highest BCUT2D eigenvalue weighted by Crippen LogP contribution is 2.07. The van der Waals surface area contributed by atoms with E-state index in [1.165, 1.54) is 19.3 Å². The molecule has 0 aliphatic heterocycles. The number of hydrogen-bond acceptors (Lipinski definition) is 2. The smallest absolute Gasteiger partial charge is 0.0598 e. The zero-order valence-corrected chi connectivity index (χ0v) is 8.94. The van der Waals surface area contributed by atoms with Crippen LogP contribution in [0.5, 0.6) is 0 Å². The summed E-state index contributed by atoms with van der Waals surface area (Å²) in [6.45, 7) is 8.31. The van der Waals surface area contributed by atoms with Crippen molar-refractivity contribution in [2.45, 2.75) is 45.6 Å². The van der Waals surface area contributed by atoms with Crippen LogP contribution >= 0.6 is 0 Å². The fourth-order valence-electron chi connectivity index (χ4n) is 0.959. The molecule has 0 heterocycles. The van der Waals surface area contributed by atoms with Gasteiger partial charge in [0.1, 0.15) is 0 Å². The van der Waals surface area contributed by atoms with Crippen molar-refractivity contribution in [2.24, 2.45) is 0 Å². The van der Waals surface area contributed by atoms with Gasteiger partial charge in [0.05, 0.1) is 5.60 Å². The van der Waals surface area contributed by atoms with Crippen LogP contribution in [-0.4, -0.2) is 25.8 Å². The Bertz CT molecular complexity index is 96.5. The normalized spacial score (nSPS) is 12.0. The van der Waals surface area contributed by atoms with Crippen LogP contribution in [0.3, 0.4) is 0 Å². The molecule has 0 amide bonds. The van der Waals surface area contributed by atoms with Gasteiger partial charge in [-0.1, -0.05) is 0 Å². The second-order valence-corrected chi connectivity index (χ2v) is 4.13. The molecule has 1 N–H and O–H groups in total. The van der Waals surface area contributed by atoms with E-state index in [-0.39, 0.29) is 5.60 Å². The van der Waals surface area contributed by atoms with E-state index < -0.39 is 0 Å². The topological polar surface area (TPSA) is 21.3 Å². The Hall–Kier alpha value is -0.0800. The van der Waals surface area contributed by atoms with Crippen LogP contribution in [0, 0.1) is 0 Å². The van der Waals surface area contributed by atoms with Gasteiger partial charge in [0.15, 0.2) is 0 Å². The highest BCUT2D eigenvalue weighted by Gasteiger charge is 2.08. The van der Waals surface area contributed by atoms with Gasteiger partial charge in [-0.3, -0.25) is 0 Å². The van der Waals surface area contributed by atoms with Gasteiger partial charge in [-0.25, -0.2) is 0 Å². The molecular formula is C10H23NO. The molecule has 0 saturated heterocycles. The van der Waals surface area contributed by atoms with Crippen molar-refractivity contribution in [1.82, 2.24) is 5.32 Å². The van der Waals surface area contributed by atoms with Crippen LogP contribution in [0.2, 0.25) is 0 Å². The van der Waals surface area contributed by atoms with E-state index in [1.54, 1.807) is 0 Å². The molecule has 12 heavy (non-hydrogen) atoms. The van der Waals surface area contributed by atoms with Gasteiger partial charge < -0.3 is 10.1 Å². The molecule has 0 aliphatic carbocycles. The molecule has 0 bridgehead atoms. The van der Waals surface area contributed by atoms with Crippen LogP contribution in [-0.2, 0) is 4.74 Å². The van der Waals surface area contributed by atoms with E-state index in [4.69, 9.17) is 4.74 Å². The Morgan fingerprint density at radius 2 is 1.75 bits per heavy atom. The summed E-state index contributed by atoms with van der Waals surface area (Å²) >= 11 is 0. The second-order valence-electron chi connectivity index (χ2n) is 4.13. The molecule has 0 radical (unpaired) electrons. The first-order valence-corrected chi connectivity index (χ1v) is 4.85. The summed E-state index contributed by atoms with van der Waals surface area (Å²) in [5, 5.41) is 3.13. The lowest BCUT2D eigenvalue weighted by Gasteiger charge is -2.19. The predicted molar refractivity (Wildman–Crippen MR) is 53.5 cm³/mol. The molecule has 0 spiro atoms. The van der Waals surface area contributed by atoms with Gasteiger partial charge in [0, 0.05) is 6.61 Å². The molecule has 0 unspecified atom stereocenters. The minimum atomic E-state index is 0.0308. The molecule has 0 rings (SSSR count). The van der Waals surface area contributed by atoms with Crippen molar-refractivity contribution in [3.8, 4) is 0 Å². The fourth-order valence-corrected chi connectivity index (χ4v) is 0.959. The van der Waals surface area contributed by atoms with Gasteiger partial charge in [0.2, 0.25) is 0 Å². The molecule has 0 aromatic rings. The van der Waals surface area contributed by atoms with Gasteiger partial charge in [-0.05, 0) is 53.6 Å². The molecule has 74 valence electrons. The van der Waals surface area contributed by atoms with E-state index in [9.17, 15) is 0 Å². The standard InChI is InChI=1S/C10H23NO/c1-10(2,3)12-9-7-5-6-8-11-4/h11H,5-9H2,1-4H3. The van der Waals surface area contributed by atoms with Crippen LogP contribution in [0.4, 0.5) is 0 Å². The van der Waals surface area contributed by atoms with Gasteiger partial charge in [-0.15, -0.1) is 0 Å². The van der Waals surface area contributed by atoms with Crippen LogP contribution < -0.4 is 5.32 Å². The van der Waals surface area contributed by atoms with Crippen molar-refractivity contribution in [3.63, 3.8) is 0 Å². The first-order valence-electron chi connectivity index (χ1n) is 4.85. The quantitative estimate of drug-likeness (QED) is 0.622. The monoisotopic (exact) mass is 173 g/mol. The van der Waals surface area contributed by atoms with Crippen molar-refractivity contribution in [3.05, 3.63) is 0 Å². The van der Waals surface area contributed by atoms with E-state index in [2.05, 4.69) is 26.1 Å². The zero-order valence-electron chi connectivity index (χ0n) is 8.94. The van der Waals surface area contributed by atoms with Gasteiger partial charge in [0.25, 0.3) is 0 Å². The number of hydrogen-bond donors (Lipinski definition) is 1. The third-order valence-corrected chi connectivity index (χ3v) is 1.61. The highest BCUT2D eigenvalue weighted by atomic mass is 16.5. The third-order valence-electron chi connectivity index (χ3n) is 1.61. The fraction of sp³-hybridized carbons (Fsp3) is 1.00. The van der Waals surface area contributed by atoms with Crippen molar-refractivity contribution >= 4 is 0 Å². The lowest BCUT2D eigenvalue weighted by molar-refractivity contribution is -0.00468. The van der Waals surface area contributed by atoms with Crippen molar-refractivity contribution in [2.75, 3.05) is 20.2 Å². The summed E-state index contributed by atoms with van der Waals surface area (Å²) in [5.41, 5.74) is 0.0308. The summed E-state index contributed by atoms with van der Waals surface area (Å²) in [7, 11) is 1.99. The number of rotatable bonds is 6. The maximum Gasteiger partial charge on any atom is 0.0598 e. The van der Waals surface area contributed by atoms with Crippen LogP contribution in [0.1, 0.15) is 40.0 Å².